The molecule has 35 heavy (non-hydrogen) atoms. The van der Waals surface area contributed by atoms with Crippen LogP contribution < -0.4 is 5.32 Å². The number of piperidine rings is 1. The molecule has 0 radical (unpaired) electrons. The van der Waals surface area contributed by atoms with Gasteiger partial charge in [-0.1, -0.05) is 53.5 Å². The number of nitrogens with one attached hydrogen (secondary N) is 1. The van der Waals surface area contributed by atoms with Crippen LogP contribution in [0.25, 0.3) is 0 Å². The number of likely N-dealkylation sites (tertiary alicyclic amines) is 1. The third kappa shape index (κ3) is 6.07. The van der Waals surface area contributed by atoms with E-state index in [1.165, 1.54) is 6.07 Å². The minimum Gasteiger partial charge on any atom is -0.354 e. The van der Waals surface area contributed by atoms with E-state index in [2.05, 4.69) is 5.32 Å². The lowest BCUT2D eigenvalue weighted by Gasteiger charge is -2.29. The summed E-state index contributed by atoms with van der Waals surface area (Å²) in [6.45, 7) is 0.912. The molecule has 7 nitrogen and oxygen atoms in total. The predicted molar refractivity (Wildman–Crippen MR) is 136 cm³/mol. The van der Waals surface area contributed by atoms with Gasteiger partial charge in [-0.15, -0.1) is 0 Å². The Morgan fingerprint density at radius 2 is 1.71 bits per heavy atom. The van der Waals surface area contributed by atoms with Gasteiger partial charge in [-0.3, -0.25) is 24.1 Å². The van der Waals surface area contributed by atoms with Crippen LogP contribution >= 0.6 is 35.0 Å². The normalized spacial score (nSPS) is 16.2. The van der Waals surface area contributed by atoms with Gasteiger partial charge in [-0.05, 0) is 60.4 Å². The monoisotopic (exact) mass is 531 g/mol. The van der Waals surface area contributed by atoms with Crippen molar-refractivity contribution in [3.8, 4) is 0 Å². The Labute approximate surface area is 217 Å². The van der Waals surface area contributed by atoms with E-state index in [9.17, 15) is 19.2 Å². The van der Waals surface area contributed by atoms with Crippen LogP contribution in [0.5, 0.6) is 0 Å². The van der Waals surface area contributed by atoms with E-state index in [1.54, 1.807) is 17.0 Å². The highest BCUT2D eigenvalue weighted by Crippen LogP contribution is 2.36. The molecule has 0 aromatic heterocycles. The molecule has 2 saturated heterocycles. The Kier molecular flexibility index (Phi) is 8.15. The summed E-state index contributed by atoms with van der Waals surface area (Å²) in [6, 6.07) is 14.5. The molecule has 0 aliphatic carbocycles. The molecule has 2 aromatic rings. The minimum atomic E-state index is -0.456. The molecule has 2 heterocycles. The molecule has 0 bridgehead atoms. The van der Waals surface area contributed by atoms with Gasteiger partial charge in [0, 0.05) is 24.7 Å². The maximum Gasteiger partial charge on any atom is 0.294 e. The number of imide groups is 1. The molecule has 2 aromatic carbocycles. The smallest absolute Gasteiger partial charge is 0.294 e. The Bertz CT molecular complexity index is 1190. The van der Waals surface area contributed by atoms with Gasteiger partial charge in [0.1, 0.15) is 6.54 Å². The topological polar surface area (TPSA) is 86.8 Å². The second-order valence-electron chi connectivity index (χ2n) is 8.19. The van der Waals surface area contributed by atoms with Crippen LogP contribution in [-0.2, 0) is 16.0 Å². The van der Waals surface area contributed by atoms with Crippen molar-refractivity contribution in [1.29, 1.82) is 0 Å². The maximum atomic E-state index is 12.9. The van der Waals surface area contributed by atoms with Gasteiger partial charge in [-0.25, -0.2) is 0 Å². The minimum absolute atomic E-state index is 0.203. The molecule has 1 N–H and O–H groups in total. The Morgan fingerprint density at radius 1 is 1.00 bits per heavy atom. The molecule has 0 unspecified atom stereocenters. The van der Waals surface area contributed by atoms with E-state index >= 15 is 0 Å². The Hall–Kier alpha value is -2.81. The Morgan fingerprint density at radius 3 is 2.40 bits per heavy atom. The lowest BCUT2D eigenvalue weighted by atomic mass is 10.0. The molecule has 2 aliphatic heterocycles. The van der Waals surface area contributed by atoms with Crippen LogP contribution in [0.4, 0.5) is 4.79 Å². The van der Waals surface area contributed by atoms with Gasteiger partial charge < -0.3 is 10.2 Å². The first-order valence-corrected chi connectivity index (χ1v) is 12.7. The highest BCUT2D eigenvalue weighted by molar-refractivity contribution is 8.18. The second-order valence-corrected chi connectivity index (χ2v) is 10.00. The SMILES string of the molecule is O=C(CN1C(=O)SC(=C2CCN(C(=O)c3ccc(Cl)cc3Cl)CC2)C1=O)NCCc1ccccc1. The van der Waals surface area contributed by atoms with Crippen molar-refractivity contribution in [3.63, 3.8) is 0 Å². The van der Waals surface area contributed by atoms with Gasteiger partial charge in [0.2, 0.25) is 5.91 Å². The number of carbonyl (C=O) groups is 4. The maximum absolute atomic E-state index is 12.9. The summed E-state index contributed by atoms with van der Waals surface area (Å²) < 4.78 is 0. The molecular weight excluding hydrogens is 509 g/mol. The van der Waals surface area contributed by atoms with Gasteiger partial charge in [-0.2, -0.15) is 0 Å². The first kappa shape index (κ1) is 25.3. The van der Waals surface area contributed by atoms with E-state index < -0.39 is 11.1 Å². The van der Waals surface area contributed by atoms with E-state index in [-0.39, 0.29) is 23.4 Å². The fourth-order valence-corrected chi connectivity index (χ4v) is 5.45. The van der Waals surface area contributed by atoms with Gasteiger partial charge in [0.05, 0.1) is 15.5 Å². The zero-order chi connectivity index (χ0) is 24.9. The van der Waals surface area contributed by atoms with Crippen LogP contribution in [0.3, 0.4) is 0 Å². The lowest BCUT2D eigenvalue weighted by Crippen LogP contribution is -2.40. The highest BCUT2D eigenvalue weighted by atomic mass is 35.5. The number of nitrogens with zero attached hydrogens (tertiary/aromatic N) is 2. The molecule has 4 rings (SSSR count). The third-order valence-corrected chi connectivity index (χ3v) is 7.48. The molecule has 182 valence electrons. The molecule has 0 saturated carbocycles. The van der Waals surface area contributed by atoms with Crippen molar-refractivity contribution in [2.24, 2.45) is 0 Å². The van der Waals surface area contributed by atoms with Crippen LogP contribution in [0, 0.1) is 0 Å². The predicted octanol–water partition coefficient (Wildman–Crippen LogP) is 4.54. The van der Waals surface area contributed by atoms with Crippen molar-refractivity contribution >= 4 is 57.9 Å². The zero-order valence-corrected chi connectivity index (χ0v) is 21.1. The third-order valence-electron chi connectivity index (χ3n) is 5.87. The number of thioether (sulfide) groups is 1. The quantitative estimate of drug-likeness (QED) is 0.553. The summed E-state index contributed by atoms with van der Waals surface area (Å²) in [7, 11) is 0. The number of rotatable bonds is 6. The summed E-state index contributed by atoms with van der Waals surface area (Å²) >= 11 is 12.9. The van der Waals surface area contributed by atoms with E-state index in [1.807, 2.05) is 30.3 Å². The number of carbonyl (C=O) groups excluding carboxylic acids is 4. The fraction of sp³-hybridized carbons (Fsp3) is 0.280. The summed E-state index contributed by atoms with van der Waals surface area (Å²) in [4.78, 5) is 53.5. The number of hydrogen-bond acceptors (Lipinski definition) is 5. The molecule has 2 aliphatic rings. The van der Waals surface area contributed by atoms with Crippen molar-refractivity contribution in [1.82, 2.24) is 15.1 Å². The van der Waals surface area contributed by atoms with Crippen LogP contribution in [0.2, 0.25) is 10.0 Å². The number of amides is 4. The largest absolute Gasteiger partial charge is 0.354 e. The number of hydrogen-bond donors (Lipinski definition) is 1. The van der Waals surface area contributed by atoms with Crippen LogP contribution in [-0.4, -0.2) is 58.9 Å². The van der Waals surface area contributed by atoms with E-state index in [0.717, 1.165) is 27.8 Å². The first-order chi connectivity index (χ1) is 16.8. The summed E-state index contributed by atoms with van der Waals surface area (Å²) in [5.74, 6) is -1.03. The summed E-state index contributed by atoms with van der Waals surface area (Å²) in [5.41, 5.74) is 2.29. The average molecular weight is 532 g/mol. The number of halogens is 2. The fourth-order valence-electron chi connectivity index (χ4n) is 3.98. The number of benzene rings is 2. The molecule has 0 atom stereocenters. The van der Waals surface area contributed by atoms with Crippen molar-refractivity contribution in [3.05, 3.63) is 80.2 Å². The molecule has 0 spiro atoms. The summed E-state index contributed by atoms with van der Waals surface area (Å²) in [5, 5.41) is 3.05. The van der Waals surface area contributed by atoms with Crippen LogP contribution in [0.1, 0.15) is 28.8 Å². The van der Waals surface area contributed by atoms with Crippen molar-refractivity contribution in [2.75, 3.05) is 26.2 Å². The molecular formula is C25H23Cl2N3O4S. The van der Waals surface area contributed by atoms with Gasteiger partial charge >= 0.3 is 0 Å². The Balaban J connectivity index is 1.32. The van der Waals surface area contributed by atoms with Gasteiger partial charge in [0.15, 0.2) is 0 Å². The van der Waals surface area contributed by atoms with Crippen molar-refractivity contribution in [2.45, 2.75) is 19.3 Å². The standard InChI is InChI=1S/C25H23Cl2N3O4S/c26-18-6-7-19(20(27)14-18)23(32)29-12-9-17(10-13-29)22-24(33)30(25(34)35-22)15-21(31)28-11-8-16-4-2-1-3-5-16/h1-7,14H,8-13,15H2,(H,28,31). The van der Waals surface area contributed by atoms with Crippen LogP contribution in [0.15, 0.2) is 59.0 Å². The molecule has 4 amide bonds. The average Bonchev–Trinajstić information content (AvgIpc) is 3.13. The van der Waals surface area contributed by atoms with Gasteiger partial charge in [0.25, 0.3) is 17.1 Å². The van der Waals surface area contributed by atoms with E-state index in [0.29, 0.717) is 54.4 Å². The second kappa shape index (κ2) is 11.3. The molecule has 2 fully saturated rings. The zero-order valence-electron chi connectivity index (χ0n) is 18.8. The highest BCUT2D eigenvalue weighted by Gasteiger charge is 2.38. The van der Waals surface area contributed by atoms with Crippen molar-refractivity contribution < 1.29 is 19.2 Å². The first-order valence-electron chi connectivity index (χ1n) is 11.1. The van der Waals surface area contributed by atoms with E-state index in [4.69, 9.17) is 23.2 Å². The summed E-state index contributed by atoms with van der Waals surface area (Å²) in [6.07, 6.45) is 1.60. The lowest BCUT2D eigenvalue weighted by molar-refractivity contribution is -0.129. The molecule has 10 heteroatoms.